The third-order valence-corrected chi connectivity index (χ3v) is 3.25. The van der Waals surface area contributed by atoms with E-state index in [1.807, 2.05) is 4.68 Å². The number of aryl methyl sites for hydroxylation is 1. The molecule has 0 aliphatic carbocycles. The Labute approximate surface area is 129 Å². The molecule has 0 aliphatic rings. The van der Waals surface area contributed by atoms with Crippen molar-refractivity contribution < 1.29 is 4.74 Å². The van der Waals surface area contributed by atoms with Crippen molar-refractivity contribution in [2.75, 3.05) is 26.7 Å². The molecule has 0 atom stereocenters. The Morgan fingerprint density at radius 2 is 2.00 bits per heavy atom. The molecule has 21 heavy (non-hydrogen) atoms. The standard InChI is InChI=1S/C16H32N4O/c1-14(2)12-19(5)10-8-16-13-20(18-17-16)9-6-7-11-21-15(3)4/h13-15H,6-12H2,1-5H3. The Hall–Kier alpha value is -0.940. The van der Waals surface area contributed by atoms with E-state index in [2.05, 4.69) is 56.2 Å². The van der Waals surface area contributed by atoms with Gasteiger partial charge in [-0.1, -0.05) is 19.1 Å². The normalized spacial score (nSPS) is 12.0. The van der Waals surface area contributed by atoms with Crippen molar-refractivity contribution in [1.29, 1.82) is 0 Å². The Morgan fingerprint density at radius 1 is 1.24 bits per heavy atom. The zero-order chi connectivity index (χ0) is 15.7. The second-order valence-corrected chi connectivity index (χ2v) is 6.51. The zero-order valence-corrected chi connectivity index (χ0v) is 14.4. The van der Waals surface area contributed by atoms with Crippen LogP contribution in [-0.2, 0) is 17.7 Å². The largest absolute Gasteiger partial charge is 0.379 e. The maximum Gasteiger partial charge on any atom is 0.0839 e. The van der Waals surface area contributed by atoms with Gasteiger partial charge in [-0.05, 0) is 39.7 Å². The van der Waals surface area contributed by atoms with Crippen LogP contribution in [0.5, 0.6) is 0 Å². The van der Waals surface area contributed by atoms with Crippen molar-refractivity contribution in [3.63, 3.8) is 0 Å². The SMILES string of the molecule is CC(C)CN(C)CCc1cn(CCCCOC(C)C)nn1. The van der Waals surface area contributed by atoms with Gasteiger partial charge >= 0.3 is 0 Å². The number of hydrogen-bond donors (Lipinski definition) is 0. The van der Waals surface area contributed by atoms with Gasteiger partial charge in [-0.3, -0.25) is 4.68 Å². The van der Waals surface area contributed by atoms with E-state index in [1.165, 1.54) is 0 Å². The molecule has 1 rings (SSSR count). The summed E-state index contributed by atoms with van der Waals surface area (Å²) < 4.78 is 7.48. The molecule has 0 bridgehead atoms. The van der Waals surface area contributed by atoms with E-state index in [1.54, 1.807) is 0 Å². The minimum atomic E-state index is 0.325. The van der Waals surface area contributed by atoms with Crippen molar-refractivity contribution >= 4 is 0 Å². The van der Waals surface area contributed by atoms with Crippen molar-refractivity contribution in [2.45, 2.75) is 59.6 Å². The number of nitrogens with zero attached hydrogens (tertiary/aromatic N) is 4. The number of unbranched alkanes of at least 4 members (excludes halogenated alkanes) is 1. The van der Waals surface area contributed by atoms with Crippen LogP contribution >= 0.6 is 0 Å². The van der Waals surface area contributed by atoms with Gasteiger partial charge in [0.1, 0.15) is 0 Å². The Balaban J connectivity index is 2.17. The van der Waals surface area contributed by atoms with Crippen LogP contribution in [0.15, 0.2) is 6.20 Å². The molecule has 0 aromatic carbocycles. The fourth-order valence-electron chi connectivity index (χ4n) is 2.28. The topological polar surface area (TPSA) is 43.2 Å². The number of aromatic nitrogens is 3. The highest BCUT2D eigenvalue weighted by Crippen LogP contribution is 2.02. The first kappa shape index (κ1) is 18.1. The second-order valence-electron chi connectivity index (χ2n) is 6.51. The Bertz CT molecular complexity index is 376. The molecule has 1 aromatic rings. The van der Waals surface area contributed by atoms with E-state index in [4.69, 9.17) is 4.74 Å². The maximum absolute atomic E-state index is 5.53. The number of rotatable bonds is 11. The van der Waals surface area contributed by atoms with E-state index in [-0.39, 0.29) is 0 Å². The van der Waals surface area contributed by atoms with E-state index in [9.17, 15) is 0 Å². The van der Waals surface area contributed by atoms with Crippen molar-refractivity contribution in [3.8, 4) is 0 Å². The predicted molar refractivity (Wildman–Crippen MR) is 86.4 cm³/mol. The zero-order valence-electron chi connectivity index (χ0n) is 14.4. The fraction of sp³-hybridized carbons (Fsp3) is 0.875. The fourth-order valence-corrected chi connectivity index (χ4v) is 2.28. The first-order chi connectivity index (χ1) is 9.97. The predicted octanol–water partition coefficient (Wildman–Crippen LogP) is 2.61. The monoisotopic (exact) mass is 296 g/mol. The van der Waals surface area contributed by atoms with Crippen molar-refractivity contribution in [2.24, 2.45) is 5.92 Å². The van der Waals surface area contributed by atoms with Crippen LogP contribution in [0.2, 0.25) is 0 Å². The number of ether oxygens (including phenoxy) is 1. The van der Waals surface area contributed by atoms with Crippen LogP contribution in [0, 0.1) is 5.92 Å². The quantitative estimate of drug-likeness (QED) is 0.589. The molecule has 1 heterocycles. The van der Waals surface area contributed by atoms with Gasteiger partial charge in [0.25, 0.3) is 0 Å². The van der Waals surface area contributed by atoms with Crippen molar-refractivity contribution in [1.82, 2.24) is 19.9 Å². The first-order valence-corrected chi connectivity index (χ1v) is 8.16. The molecule has 0 saturated carbocycles. The highest BCUT2D eigenvalue weighted by Gasteiger charge is 2.05. The molecule has 0 spiro atoms. The van der Waals surface area contributed by atoms with E-state index in [0.717, 1.165) is 51.2 Å². The molecular formula is C16H32N4O. The molecular weight excluding hydrogens is 264 g/mol. The smallest absolute Gasteiger partial charge is 0.0839 e. The summed E-state index contributed by atoms with van der Waals surface area (Å²) in [6.07, 6.45) is 5.53. The molecule has 0 unspecified atom stereocenters. The van der Waals surface area contributed by atoms with Gasteiger partial charge in [-0.15, -0.1) is 5.10 Å². The molecule has 5 heteroatoms. The summed E-state index contributed by atoms with van der Waals surface area (Å²) in [5.74, 6) is 0.707. The van der Waals surface area contributed by atoms with Gasteiger partial charge in [-0.25, -0.2) is 0 Å². The van der Waals surface area contributed by atoms with Crippen LogP contribution in [-0.4, -0.2) is 52.7 Å². The lowest BCUT2D eigenvalue weighted by atomic mass is 10.2. The third kappa shape index (κ3) is 8.83. The summed E-state index contributed by atoms with van der Waals surface area (Å²) in [5, 5.41) is 8.44. The van der Waals surface area contributed by atoms with E-state index < -0.39 is 0 Å². The second kappa shape index (κ2) is 9.90. The summed E-state index contributed by atoms with van der Waals surface area (Å²) in [6, 6.07) is 0. The summed E-state index contributed by atoms with van der Waals surface area (Å²) in [5.41, 5.74) is 1.09. The summed E-state index contributed by atoms with van der Waals surface area (Å²) in [4.78, 5) is 2.35. The minimum Gasteiger partial charge on any atom is -0.379 e. The van der Waals surface area contributed by atoms with Crippen LogP contribution in [0.25, 0.3) is 0 Å². The lowest BCUT2D eigenvalue weighted by Gasteiger charge is -2.17. The average Bonchev–Trinajstić information content (AvgIpc) is 2.83. The molecule has 5 nitrogen and oxygen atoms in total. The maximum atomic E-state index is 5.53. The van der Waals surface area contributed by atoms with Gasteiger partial charge in [-0.2, -0.15) is 0 Å². The van der Waals surface area contributed by atoms with Gasteiger partial charge in [0.05, 0.1) is 11.8 Å². The molecule has 0 radical (unpaired) electrons. The highest BCUT2D eigenvalue weighted by atomic mass is 16.5. The molecule has 0 aliphatic heterocycles. The lowest BCUT2D eigenvalue weighted by Crippen LogP contribution is -2.25. The summed E-state index contributed by atoms with van der Waals surface area (Å²) in [6.45, 7) is 12.6. The van der Waals surface area contributed by atoms with Gasteiger partial charge < -0.3 is 9.64 Å². The third-order valence-electron chi connectivity index (χ3n) is 3.25. The lowest BCUT2D eigenvalue weighted by molar-refractivity contribution is 0.0753. The van der Waals surface area contributed by atoms with Gasteiger partial charge in [0, 0.05) is 38.9 Å². The number of likely N-dealkylation sites (N-methyl/N-ethyl adjacent to an activating group) is 1. The van der Waals surface area contributed by atoms with E-state index in [0.29, 0.717) is 12.0 Å². The summed E-state index contributed by atoms with van der Waals surface area (Å²) in [7, 11) is 2.17. The first-order valence-electron chi connectivity index (χ1n) is 8.16. The molecule has 0 fully saturated rings. The molecule has 1 aromatic heterocycles. The highest BCUT2D eigenvalue weighted by molar-refractivity contribution is 4.93. The molecule has 0 N–H and O–H groups in total. The van der Waals surface area contributed by atoms with Crippen LogP contribution in [0.1, 0.15) is 46.2 Å². The molecule has 0 saturated heterocycles. The van der Waals surface area contributed by atoms with Gasteiger partial charge in [0.15, 0.2) is 0 Å². The minimum absolute atomic E-state index is 0.325. The molecule has 0 amide bonds. The molecule has 122 valence electrons. The van der Waals surface area contributed by atoms with Gasteiger partial charge in [0.2, 0.25) is 0 Å². The van der Waals surface area contributed by atoms with E-state index >= 15 is 0 Å². The summed E-state index contributed by atoms with van der Waals surface area (Å²) >= 11 is 0. The Morgan fingerprint density at radius 3 is 2.67 bits per heavy atom. The Kier molecular flexibility index (Phi) is 8.54. The van der Waals surface area contributed by atoms with Crippen LogP contribution in [0.4, 0.5) is 0 Å². The van der Waals surface area contributed by atoms with Crippen LogP contribution < -0.4 is 0 Å². The van der Waals surface area contributed by atoms with Crippen molar-refractivity contribution in [3.05, 3.63) is 11.9 Å². The van der Waals surface area contributed by atoms with Crippen LogP contribution in [0.3, 0.4) is 0 Å². The number of hydrogen-bond acceptors (Lipinski definition) is 4. The average molecular weight is 296 g/mol.